The summed E-state index contributed by atoms with van der Waals surface area (Å²) in [6.07, 6.45) is 7.89. The highest BCUT2D eigenvalue weighted by Gasteiger charge is 2.27. The zero-order chi connectivity index (χ0) is 14.4. The lowest BCUT2D eigenvalue weighted by Crippen LogP contribution is -2.49. The van der Waals surface area contributed by atoms with E-state index in [9.17, 15) is 9.59 Å². The Bertz CT molecular complexity index is 340. The Balaban J connectivity index is 1.75. The topological polar surface area (TPSA) is 58.6 Å². The number of ether oxygens (including phenoxy) is 1. The minimum absolute atomic E-state index is 0.00264. The highest BCUT2D eigenvalue weighted by atomic mass is 16.5. The van der Waals surface area contributed by atoms with Crippen LogP contribution in [0.25, 0.3) is 0 Å². The van der Waals surface area contributed by atoms with Crippen molar-refractivity contribution in [3.63, 3.8) is 0 Å². The van der Waals surface area contributed by atoms with Crippen LogP contribution in [-0.2, 0) is 14.3 Å². The number of rotatable bonds is 4. The van der Waals surface area contributed by atoms with Crippen molar-refractivity contribution in [1.29, 1.82) is 0 Å². The summed E-state index contributed by atoms with van der Waals surface area (Å²) < 4.78 is 5.81. The predicted octanol–water partition coefficient (Wildman–Crippen LogP) is 1.32. The standard InChI is InChI=1S/C15H26N2O3/c1-12(18)16-10-15(19)17-7-8-20-14(11-17)9-13-5-3-2-4-6-13/h13-14H,2-11H2,1H3,(H,16,18). The number of nitrogens with zero attached hydrogens (tertiary/aromatic N) is 1. The molecule has 1 saturated carbocycles. The second-order valence-electron chi connectivity index (χ2n) is 5.98. The van der Waals surface area contributed by atoms with Crippen LogP contribution in [0, 0.1) is 5.92 Å². The number of morpholine rings is 1. The van der Waals surface area contributed by atoms with Gasteiger partial charge in [-0.2, -0.15) is 0 Å². The third kappa shape index (κ3) is 4.78. The third-order valence-corrected chi connectivity index (χ3v) is 4.30. The van der Waals surface area contributed by atoms with Crippen LogP contribution in [0.15, 0.2) is 0 Å². The van der Waals surface area contributed by atoms with Gasteiger partial charge in [0, 0.05) is 20.0 Å². The molecule has 1 atom stereocenters. The van der Waals surface area contributed by atoms with Crippen molar-refractivity contribution in [3.05, 3.63) is 0 Å². The quantitative estimate of drug-likeness (QED) is 0.846. The molecule has 1 aliphatic heterocycles. The van der Waals surface area contributed by atoms with Gasteiger partial charge in [-0.25, -0.2) is 0 Å². The molecule has 0 bridgehead atoms. The monoisotopic (exact) mass is 282 g/mol. The van der Waals surface area contributed by atoms with Gasteiger partial charge in [-0.15, -0.1) is 0 Å². The van der Waals surface area contributed by atoms with Crippen LogP contribution < -0.4 is 5.32 Å². The fraction of sp³-hybridized carbons (Fsp3) is 0.867. The molecule has 5 heteroatoms. The highest BCUT2D eigenvalue weighted by molar-refractivity contribution is 5.83. The first-order chi connectivity index (χ1) is 9.65. The maximum atomic E-state index is 12.0. The Morgan fingerprint density at radius 2 is 2.00 bits per heavy atom. The molecule has 2 rings (SSSR count). The molecular formula is C15H26N2O3. The van der Waals surface area contributed by atoms with E-state index in [0.717, 1.165) is 12.3 Å². The number of carbonyl (C=O) groups excluding carboxylic acids is 2. The van der Waals surface area contributed by atoms with Crippen molar-refractivity contribution in [2.45, 2.75) is 51.6 Å². The average Bonchev–Trinajstić information content (AvgIpc) is 2.46. The lowest BCUT2D eigenvalue weighted by molar-refractivity contribution is -0.139. The van der Waals surface area contributed by atoms with E-state index in [1.54, 1.807) is 0 Å². The van der Waals surface area contributed by atoms with E-state index in [0.29, 0.717) is 19.7 Å². The van der Waals surface area contributed by atoms with Gasteiger partial charge in [-0.3, -0.25) is 9.59 Å². The number of nitrogens with one attached hydrogen (secondary N) is 1. The Labute approximate surface area is 121 Å². The van der Waals surface area contributed by atoms with Crippen molar-refractivity contribution < 1.29 is 14.3 Å². The number of amides is 2. The van der Waals surface area contributed by atoms with E-state index in [-0.39, 0.29) is 24.5 Å². The molecule has 0 radical (unpaired) electrons. The van der Waals surface area contributed by atoms with E-state index in [2.05, 4.69) is 5.32 Å². The molecule has 1 unspecified atom stereocenters. The summed E-state index contributed by atoms with van der Waals surface area (Å²) >= 11 is 0. The van der Waals surface area contributed by atoms with Gasteiger partial charge < -0.3 is 15.0 Å². The maximum absolute atomic E-state index is 12.0. The smallest absolute Gasteiger partial charge is 0.242 e. The fourth-order valence-electron chi connectivity index (χ4n) is 3.19. The summed E-state index contributed by atoms with van der Waals surface area (Å²) in [5, 5.41) is 2.57. The van der Waals surface area contributed by atoms with E-state index in [4.69, 9.17) is 4.74 Å². The molecule has 1 N–H and O–H groups in total. The molecule has 0 spiro atoms. The van der Waals surface area contributed by atoms with Gasteiger partial charge in [0.1, 0.15) is 0 Å². The zero-order valence-corrected chi connectivity index (χ0v) is 12.4. The minimum atomic E-state index is -0.162. The Kier molecular flexibility index (Phi) is 5.83. The molecule has 20 heavy (non-hydrogen) atoms. The molecule has 114 valence electrons. The van der Waals surface area contributed by atoms with Crippen molar-refractivity contribution in [3.8, 4) is 0 Å². The summed E-state index contributed by atoms with van der Waals surface area (Å²) in [5.74, 6) is 0.599. The summed E-state index contributed by atoms with van der Waals surface area (Å²) in [6, 6.07) is 0. The number of hydrogen-bond acceptors (Lipinski definition) is 3. The predicted molar refractivity (Wildman–Crippen MR) is 76.2 cm³/mol. The van der Waals surface area contributed by atoms with Crippen molar-refractivity contribution in [1.82, 2.24) is 10.2 Å². The van der Waals surface area contributed by atoms with Crippen molar-refractivity contribution in [2.24, 2.45) is 5.92 Å². The fourth-order valence-corrected chi connectivity index (χ4v) is 3.19. The van der Waals surface area contributed by atoms with Crippen LogP contribution >= 0.6 is 0 Å². The molecule has 5 nitrogen and oxygen atoms in total. The Morgan fingerprint density at radius 3 is 2.70 bits per heavy atom. The Hall–Kier alpha value is -1.10. The molecule has 2 aliphatic rings. The van der Waals surface area contributed by atoms with Gasteiger partial charge in [0.05, 0.1) is 19.3 Å². The van der Waals surface area contributed by atoms with E-state index in [1.807, 2.05) is 4.90 Å². The average molecular weight is 282 g/mol. The summed E-state index contributed by atoms with van der Waals surface area (Å²) in [6.45, 7) is 3.46. The van der Waals surface area contributed by atoms with Crippen LogP contribution in [0.4, 0.5) is 0 Å². The first kappa shape index (κ1) is 15.3. The SMILES string of the molecule is CC(=O)NCC(=O)N1CCOC(CC2CCCCC2)C1. The number of hydrogen-bond donors (Lipinski definition) is 1. The van der Waals surface area contributed by atoms with Gasteiger partial charge in [0.25, 0.3) is 0 Å². The van der Waals surface area contributed by atoms with Gasteiger partial charge in [-0.1, -0.05) is 32.1 Å². The molecule has 1 heterocycles. The molecule has 2 fully saturated rings. The second kappa shape index (κ2) is 7.62. The normalized spacial score (nSPS) is 24.4. The lowest BCUT2D eigenvalue weighted by Gasteiger charge is -2.35. The second-order valence-corrected chi connectivity index (χ2v) is 5.98. The van der Waals surface area contributed by atoms with Crippen LogP contribution in [0.1, 0.15) is 45.4 Å². The highest BCUT2D eigenvalue weighted by Crippen LogP contribution is 2.28. The molecule has 0 aromatic rings. The van der Waals surface area contributed by atoms with Crippen LogP contribution in [0.5, 0.6) is 0 Å². The van der Waals surface area contributed by atoms with E-state index in [1.165, 1.54) is 39.0 Å². The summed E-state index contributed by atoms with van der Waals surface area (Å²) in [7, 11) is 0. The first-order valence-corrected chi connectivity index (χ1v) is 7.79. The molecule has 0 aromatic carbocycles. The van der Waals surface area contributed by atoms with Gasteiger partial charge in [0.15, 0.2) is 0 Å². The lowest BCUT2D eigenvalue weighted by atomic mass is 9.85. The third-order valence-electron chi connectivity index (χ3n) is 4.30. The summed E-state index contributed by atoms with van der Waals surface area (Å²) in [5.41, 5.74) is 0. The summed E-state index contributed by atoms with van der Waals surface area (Å²) in [4.78, 5) is 24.7. The maximum Gasteiger partial charge on any atom is 0.242 e. The van der Waals surface area contributed by atoms with Crippen LogP contribution in [0.2, 0.25) is 0 Å². The van der Waals surface area contributed by atoms with Crippen molar-refractivity contribution >= 4 is 11.8 Å². The van der Waals surface area contributed by atoms with Crippen molar-refractivity contribution in [2.75, 3.05) is 26.2 Å². The van der Waals surface area contributed by atoms with E-state index < -0.39 is 0 Å². The van der Waals surface area contributed by atoms with E-state index >= 15 is 0 Å². The molecule has 0 aromatic heterocycles. The molecule has 1 aliphatic carbocycles. The molecule has 2 amide bonds. The minimum Gasteiger partial charge on any atom is -0.375 e. The van der Waals surface area contributed by atoms with Gasteiger partial charge in [0.2, 0.25) is 11.8 Å². The number of carbonyl (C=O) groups is 2. The van der Waals surface area contributed by atoms with Crippen LogP contribution in [0.3, 0.4) is 0 Å². The molecule has 1 saturated heterocycles. The zero-order valence-electron chi connectivity index (χ0n) is 12.4. The van der Waals surface area contributed by atoms with Crippen LogP contribution in [-0.4, -0.2) is 49.1 Å². The van der Waals surface area contributed by atoms with Gasteiger partial charge >= 0.3 is 0 Å². The first-order valence-electron chi connectivity index (χ1n) is 7.79. The molecular weight excluding hydrogens is 256 g/mol. The Morgan fingerprint density at radius 1 is 1.25 bits per heavy atom. The largest absolute Gasteiger partial charge is 0.375 e. The van der Waals surface area contributed by atoms with Gasteiger partial charge in [-0.05, 0) is 12.3 Å².